The maximum absolute atomic E-state index is 5.33. The lowest BCUT2D eigenvalue weighted by molar-refractivity contribution is 0.153. The first-order chi connectivity index (χ1) is 10.7. The summed E-state index contributed by atoms with van der Waals surface area (Å²) in [5.41, 5.74) is 1.45. The second-order valence-corrected chi connectivity index (χ2v) is 5.33. The Hall–Kier alpha value is -1.89. The normalized spacial score (nSPS) is 15.6. The number of ether oxygens (including phenoxy) is 1. The van der Waals surface area contributed by atoms with Gasteiger partial charge in [0, 0.05) is 27.2 Å². The lowest BCUT2D eigenvalue weighted by Gasteiger charge is -2.21. The summed E-state index contributed by atoms with van der Waals surface area (Å²) >= 11 is 0. The third-order valence-corrected chi connectivity index (χ3v) is 3.63. The first kappa shape index (κ1) is 16.5. The molecule has 7 heteroatoms. The van der Waals surface area contributed by atoms with Gasteiger partial charge in [0.2, 0.25) is 0 Å². The van der Waals surface area contributed by atoms with Gasteiger partial charge in [-0.25, -0.2) is 4.98 Å². The molecular formula is C15H26N6O. The summed E-state index contributed by atoms with van der Waals surface area (Å²) in [5, 5.41) is 7.42. The van der Waals surface area contributed by atoms with Crippen molar-refractivity contribution in [2.45, 2.75) is 26.3 Å². The van der Waals surface area contributed by atoms with Gasteiger partial charge in [0.1, 0.15) is 12.2 Å². The Kier molecular flexibility index (Phi) is 6.39. The van der Waals surface area contributed by atoms with Crippen LogP contribution >= 0.6 is 0 Å². The van der Waals surface area contributed by atoms with Crippen LogP contribution in [0.5, 0.6) is 0 Å². The Labute approximate surface area is 132 Å². The molecule has 1 aromatic heterocycles. The molecule has 0 spiro atoms. The number of nitrogens with zero attached hydrogens (tertiary/aromatic N) is 5. The van der Waals surface area contributed by atoms with Crippen LogP contribution in [0.15, 0.2) is 23.0 Å². The summed E-state index contributed by atoms with van der Waals surface area (Å²) in [6.45, 7) is 5.97. The van der Waals surface area contributed by atoms with Crippen molar-refractivity contribution in [1.29, 1.82) is 0 Å². The maximum Gasteiger partial charge on any atom is 0.194 e. The number of rotatable bonds is 6. The van der Waals surface area contributed by atoms with E-state index in [0.717, 1.165) is 50.9 Å². The van der Waals surface area contributed by atoms with E-state index < -0.39 is 0 Å². The number of hydrogen-bond donors (Lipinski definition) is 1. The van der Waals surface area contributed by atoms with Crippen LogP contribution in [-0.4, -0.2) is 59.0 Å². The van der Waals surface area contributed by atoms with Crippen molar-refractivity contribution < 1.29 is 4.74 Å². The van der Waals surface area contributed by atoms with Crippen LogP contribution < -0.4 is 5.32 Å². The van der Waals surface area contributed by atoms with Gasteiger partial charge in [-0.2, -0.15) is 5.10 Å². The summed E-state index contributed by atoms with van der Waals surface area (Å²) in [6, 6.07) is 0. The molecule has 0 aliphatic carbocycles. The van der Waals surface area contributed by atoms with Gasteiger partial charge in [-0.3, -0.25) is 9.67 Å². The molecule has 122 valence electrons. The zero-order valence-corrected chi connectivity index (χ0v) is 13.7. The number of aryl methyl sites for hydroxylation is 1. The third kappa shape index (κ3) is 4.84. The number of guanidine groups is 1. The van der Waals surface area contributed by atoms with Crippen molar-refractivity contribution >= 4 is 5.96 Å². The summed E-state index contributed by atoms with van der Waals surface area (Å²) in [5.74, 6) is 1.82. The lowest BCUT2D eigenvalue weighted by Crippen LogP contribution is -2.39. The Bertz CT molecular complexity index is 522. The molecule has 0 aromatic carbocycles. The Balaban J connectivity index is 1.91. The molecule has 2 rings (SSSR count). The summed E-state index contributed by atoms with van der Waals surface area (Å²) in [4.78, 5) is 11.0. The van der Waals surface area contributed by atoms with Crippen LogP contribution in [0, 0.1) is 0 Å². The third-order valence-electron chi connectivity index (χ3n) is 3.63. The quantitative estimate of drug-likeness (QED) is 0.481. The van der Waals surface area contributed by atoms with Gasteiger partial charge in [0.25, 0.3) is 0 Å². The van der Waals surface area contributed by atoms with E-state index in [0.29, 0.717) is 6.54 Å². The molecule has 0 bridgehead atoms. The summed E-state index contributed by atoms with van der Waals surface area (Å²) in [7, 11) is 3.92. The minimum Gasteiger partial charge on any atom is -0.377 e. The summed E-state index contributed by atoms with van der Waals surface area (Å²) < 4.78 is 7.11. The second-order valence-electron chi connectivity index (χ2n) is 5.33. The Morgan fingerprint density at radius 1 is 1.55 bits per heavy atom. The second kappa shape index (κ2) is 8.53. The number of hydrogen-bond acceptors (Lipinski definition) is 4. The molecule has 0 radical (unpaired) electrons. The molecule has 0 amide bonds. The largest absolute Gasteiger partial charge is 0.377 e. The molecule has 0 saturated carbocycles. The van der Waals surface area contributed by atoms with Crippen LogP contribution in [0.4, 0.5) is 0 Å². The van der Waals surface area contributed by atoms with E-state index in [1.807, 2.05) is 14.1 Å². The topological polar surface area (TPSA) is 67.6 Å². The van der Waals surface area contributed by atoms with Gasteiger partial charge in [-0.15, -0.1) is 0 Å². The number of aliphatic imine (C=N–C) groups is 1. The van der Waals surface area contributed by atoms with Gasteiger partial charge in [0.05, 0.1) is 19.8 Å². The van der Waals surface area contributed by atoms with Crippen molar-refractivity contribution in [3.63, 3.8) is 0 Å². The molecule has 22 heavy (non-hydrogen) atoms. The highest BCUT2D eigenvalue weighted by Gasteiger charge is 2.10. The smallest absolute Gasteiger partial charge is 0.194 e. The van der Waals surface area contributed by atoms with Crippen molar-refractivity contribution in [1.82, 2.24) is 25.0 Å². The van der Waals surface area contributed by atoms with Crippen LogP contribution in [0.1, 0.15) is 25.6 Å². The molecule has 2 heterocycles. The fraction of sp³-hybridized carbons (Fsp3) is 0.667. The molecule has 1 aromatic rings. The van der Waals surface area contributed by atoms with Crippen molar-refractivity contribution in [2.24, 2.45) is 12.0 Å². The van der Waals surface area contributed by atoms with E-state index in [9.17, 15) is 0 Å². The zero-order chi connectivity index (χ0) is 15.8. The van der Waals surface area contributed by atoms with E-state index >= 15 is 0 Å². The zero-order valence-electron chi connectivity index (χ0n) is 13.7. The molecule has 7 nitrogen and oxygen atoms in total. The van der Waals surface area contributed by atoms with E-state index in [2.05, 4.69) is 33.3 Å². The Morgan fingerprint density at radius 2 is 2.41 bits per heavy atom. The Morgan fingerprint density at radius 3 is 3.05 bits per heavy atom. The maximum atomic E-state index is 5.33. The number of nitrogens with one attached hydrogen (secondary N) is 1. The van der Waals surface area contributed by atoms with Gasteiger partial charge in [0.15, 0.2) is 5.96 Å². The van der Waals surface area contributed by atoms with Crippen LogP contribution in [0.3, 0.4) is 0 Å². The molecule has 0 atom stereocenters. The van der Waals surface area contributed by atoms with Crippen molar-refractivity contribution in [2.75, 3.05) is 33.4 Å². The molecule has 1 aliphatic heterocycles. The van der Waals surface area contributed by atoms with Crippen LogP contribution in [0.25, 0.3) is 0 Å². The molecule has 0 fully saturated rings. The highest BCUT2D eigenvalue weighted by atomic mass is 16.5. The average molecular weight is 306 g/mol. The average Bonchev–Trinajstić information content (AvgIpc) is 2.92. The number of aromatic nitrogens is 3. The van der Waals surface area contributed by atoms with Gasteiger partial charge >= 0.3 is 0 Å². The fourth-order valence-electron chi connectivity index (χ4n) is 2.32. The van der Waals surface area contributed by atoms with Crippen molar-refractivity contribution in [3.05, 3.63) is 23.8 Å². The lowest BCUT2D eigenvalue weighted by atomic mass is 10.1. The van der Waals surface area contributed by atoms with E-state index in [-0.39, 0.29) is 0 Å². The molecular weight excluding hydrogens is 280 g/mol. The predicted molar refractivity (Wildman–Crippen MR) is 86.6 cm³/mol. The highest BCUT2D eigenvalue weighted by molar-refractivity contribution is 5.79. The van der Waals surface area contributed by atoms with Crippen molar-refractivity contribution in [3.8, 4) is 0 Å². The van der Waals surface area contributed by atoms with E-state index in [1.54, 1.807) is 11.0 Å². The first-order valence-corrected chi connectivity index (χ1v) is 7.78. The SMILES string of the molecule is CCNC(=NCCC1=CCOCC1)N(C)Cc1ncnn1C. The van der Waals surface area contributed by atoms with E-state index in [1.165, 1.54) is 5.57 Å². The van der Waals surface area contributed by atoms with Gasteiger partial charge in [-0.05, 0) is 19.8 Å². The van der Waals surface area contributed by atoms with Gasteiger partial charge < -0.3 is 15.0 Å². The molecule has 0 unspecified atom stereocenters. The fourth-order valence-corrected chi connectivity index (χ4v) is 2.32. The molecule has 1 N–H and O–H groups in total. The predicted octanol–water partition coefficient (Wildman–Crippen LogP) is 0.949. The first-order valence-electron chi connectivity index (χ1n) is 7.78. The van der Waals surface area contributed by atoms with Crippen LogP contribution in [-0.2, 0) is 18.3 Å². The standard InChI is InChI=1S/C15H26N6O/c1-4-16-15(17-8-5-13-6-9-22-10-7-13)20(2)11-14-18-12-19-21(14)3/h6,12H,4-5,7-11H2,1-3H3,(H,16,17). The van der Waals surface area contributed by atoms with Gasteiger partial charge in [-0.1, -0.05) is 11.6 Å². The minimum absolute atomic E-state index is 0.679. The van der Waals surface area contributed by atoms with E-state index in [4.69, 9.17) is 9.73 Å². The molecule has 0 saturated heterocycles. The monoisotopic (exact) mass is 306 g/mol. The minimum atomic E-state index is 0.679. The molecule has 1 aliphatic rings. The highest BCUT2D eigenvalue weighted by Crippen LogP contribution is 2.11. The summed E-state index contributed by atoms with van der Waals surface area (Å²) in [6.07, 6.45) is 5.77. The van der Waals surface area contributed by atoms with Crippen LogP contribution in [0.2, 0.25) is 0 Å².